The van der Waals surface area contributed by atoms with Crippen molar-refractivity contribution in [2.45, 2.75) is 9.34 Å². The van der Waals surface area contributed by atoms with Gasteiger partial charge in [0.05, 0.1) is 10.8 Å². The second-order valence-corrected chi connectivity index (χ2v) is 9.14. The molecule has 0 spiro atoms. The number of rotatable bonds is 5. The third kappa shape index (κ3) is 4.17. The van der Waals surface area contributed by atoms with E-state index in [1.165, 1.54) is 18.2 Å². The molecule has 6 N–H and O–H groups in total. The number of amides is 1. The third-order valence-corrected chi connectivity index (χ3v) is 6.03. The molecule has 0 aliphatic heterocycles. The van der Waals surface area contributed by atoms with Crippen molar-refractivity contribution < 1.29 is 17.9 Å². The molecule has 0 heterocycles. The van der Waals surface area contributed by atoms with Crippen molar-refractivity contribution in [2.75, 3.05) is 0 Å². The van der Waals surface area contributed by atoms with Crippen molar-refractivity contribution in [3.05, 3.63) is 78.1 Å². The first-order chi connectivity index (χ1) is 13.1. The molecule has 1 aliphatic rings. The number of sulfonamides is 1. The Hall–Kier alpha value is -2.46. The summed E-state index contributed by atoms with van der Waals surface area (Å²) < 4.78 is 27.6. The standard InChI is InChI=1S/C19H18BrN3O4S/c20-19(22)16(18(21)24)9-13(12-5-2-1-3-6-12)10-17(19)27-14-7-4-8-15(11-14)28(23,25)26/h1-11,16H,22H2,(H2,21,24)(H2,23,25,26). The lowest BCUT2D eigenvalue weighted by Gasteiger charge is -2.34. The zero-order valence-electron chi connectivity index (χ0n) is 14.6. The Morgan fingerprint density at radius 3 is 2.39 bits per heavy atom. The summed E-state index contributed by atoms with van der Waals surface area (Å²) in [6.07, 6.45) is 3.34. The highest BCUT2D eigenvalue weighted by atomic mass is 79.9. The molecule has 146 valence electrons. The van der Waals surface area contributed by atoms with Crippen LogP contribution in [0, 0.1) is 5.92 Å². The van der Waals surface area contributed by atoms with E-state index in [-0.39, 0.29) is 16.4 Å². The molecule has 2 unspecified atom stereocenters. The molecule has 0 bridgehead atoms. The summed E-state index contributed by atoms with van der Waals surface area (Å²) >= 11 is 3.34. The molecule has 2 aromatic carbocycles. The molecule has 1 amide bonds. The van der Waals surface area contributed by atoms with Gasteiger partial charge in [0.25, 0.3) is 0 Å². The van der Waals surface area contributed by atoms with Gasteiger partial charge in [-0.25, -0.2) is 13.6 Å². The lowest BCUT2D eigenvalue weighted by molar-refractivity contribution is -0.121. The number of hydrogen-bond donors (Lipinski definition) is 3. The van der Waals surface area contributed by atoms with Crippen LogP contribution in [0.15, 0.2) is 77.4 Å². The van der Waals surface area contributed by atoms with E-state index >= 15 is 0 Å². The Labute approximate surface area is 171 Å². The monoisotopic (exact) mass is 463 g/mol. The van der Waals surface area contributed by atoms with Crippen LogP contribution >= 0.6 is 15.9 Å². The molecule has 9 heteroatoms. The summed E-state index contributed by atoms with van der Waals surface area (Å²) in [6, 6.07) is 15.0. The number of carbonyl (C=O) groups excluding carboxylic acids is 1. The Balaban J connectivity index is 2.06. The van der Waals surface area contributed by atoms with Gasteiger partial charge < -0.3 is 16.2 Å². The first kappa shape index (κ1) is 20.3. The number of primary amides is 1. The number of primary sulfonamides is 1. The first-order valence-electron chi connectivity index (χ1n) is 8.16. The van der Waals surface area contributed by atoms with Crippen LogP contribution in [0.5, 0.6) is 5.75 Å². The highest BCUT2D eigenvalue weighted by Gasteiger charge is 2.43. The number of ether oxygens (including phenoxy) is 1. The summed E-state index contributed by atoms with van der Waals surface area (Å²) in [5.74, 6) is -1.14. The van der Waals surface area contributed by atoms with E-state index in [0.29, 0.717) is 5.57 Å². The average molecular weight is 464 g/mol. The number of nitrogens with two attached hydrogens (primary N) is 3. The van der Waals surface area contributed by atoms with Gasteiger partial charge in [-0.15, -0.1) is 0 Å². The van der Waals surface area contributed by atoms with Crippen molar-refractivity contribution in [3.8, 4) is 5.75 Å². The maximum Gasteiger partial charge on any atom is 0.238 e. The summed E-state index contributed by atoms with van der Waals surface area (Å²) in [5.41, 5.74) is 13.4. The van der Waals surface area contributed by atoms with E-state index in [2.05, 4.69) is 15.9 Å². The van der Waals surface area contributed by atoms with Crippen LogP contribution in [0.2, 0.25) is 0 Å². The summed E-state index contributed by atoms with van der Waals surface area (Å²) in [5, 5.41) is 5.17. The number of halogens is 1. The SMILES string of the molecule is NC(=O)C1C=C(c2ccccc2)C=C(Oc2cccc(S(N)(=O)=O)c2)C1(N)Br. The van der Waals surface area contributed by atoms with Gasteiger partial charge in [-0.2, -0.15) is 0 Å². The van der Waals surface area contributed by atoms with Crippen molar-refractivity contribution in [3.63, 3.8) is 0 Å². The van der Waals surface area contributed by atoms with E-state index in [1.807, 2.05) is 30.3 Å². The Morgan fingerprint density at radius 1 is 1.11 bits per heavy atom. The van der Waals surface area contributed by atoms with Crippen molar-refractivity contribution in [1.82, 2.24) is 0 Å². The summed E-state index contributed by atoms with van der Waals surface area (Å²) in [7, 11) is -3.90. The van der Waals surface area contributed by atoms with Gasteiger partial charge in [0.15, 0.2) is 0 Å². The van der Waals surface area contributed by atoms with Crippen molar-refractivity contribution in [1.29, 1.82) is 0 Å². The first-order valence-corrected chi connectivity index (χ1v) is 10.5. The van der Waals surface area contributed by atoms with Crippen LogP contribution in [-0.4, -0.2) is 18.8 Å². The third-order valence-electron chi connectivity index (χ3n) is 4.24. The molecule has 2 aromatic rings. The fourth-order valence-electron chi connectivity index (χ4n) is 2.80. The largest absolute Gasteiger partial charge is 0.459 e. The van der Waals surface area contributed by atoms with Gasteiger partial charge in [-0.1, -0.05) is 58.4 Å². The Morgan fingerprint density at radius 2 is 1.79 bits per heavy atom. The van der Waals surface area contributed by atoms with Crippen LogP contribution in [-0.2, 0) is 14.8 Å². The van der Waals surface area contributed by atoms with Gasteiger partial charge in [0.2, 0.25) is 15.9 Å². The fourth-order valence-corrected chi connectivity index (χ4v) is 3.90. The predicted molar refractivity (Wildman–Crippen MR) is 109 cm³/mol. The number of benzene rings is 2. The minimum absolute atomic E-state index is 0.108. The Bertz CT molecular complexity index is 1080. The van der Waals surface area contributed by atoms with E-state index in [4.69, 9.17) is 21.3 Å². The molecule has 0 saturated carbocycles. The second kappa shape index (κ2) is 7.51. The highest BCUT2D eigenvalue weighted by Crippen LogP contribution is 2.40. The molecule has 7 nitrogen and oxygen atoms in total. The van der Waals surface area contributed by atoms with Crippen LogP contribution in [0.25, 0.3) is 5.57 Å². The van der Waals surface area contributed by atoms with E-state index in [9.17, 15) is 13.2 Å². The lowest BCUT2D eigenvalue weighted by atomic mass is 9.87. The van der Waals surface area contributed by atoms with Gasteiger partial charge in [0.1, 0.15) is 16.0 Å². The highest BCUT2D eigenvalue weighted by molar-refractivity contribution is 9.10. The van der Waals surface area contributed by atoms with Crippen LogP contribution < -0.4 is 21.3 Å². The quantitative estimate of drug-likeness (QED) is 0.458. The van der Waals surface area contributed by atoms with Crippen LogP contribution in [0.3, 0.4) is 0 Å². The normalized spacial score (nSPS) is 22.2. The number of alkyl halides is 1. The van der Waals surface area contributed by atoms with E-state index < -0.39 is 26.3 Å². The van der Waals surface area contributed by atoms with Crippen molar-refractivity contribution in [2.24, 2.45) is 22.5 Å². The molecule has 28 heavy (non-hydrogen) atoms. The fraction of sp³-hybridized carbons (Fsp3) is 0.105. The molecule has 1 aliphatic carbocycles. The zero-order valence-corrected chi connectivity index (χ0v) is 17.0. The molecule has 2 atom stereocenters. The van der Waals surface area contributed by atoms with E-state index in [0.717, 1.165) is 5.56 Å². The predicted octanol–water partition coefficient (Wildman–Crippen LogP) is 1.85. The van der Waals surface area contributed by atoms with Gasteiger partial charge >= 0.3 is 0 Å². The van der Waals surface area contributed by atoms with Crippen molar-refractivity contribution >= 4 is 37.4 Å². The Kier molecular flexibility index (Phi) is 5.44. The zero-order chi connectivity index (χ0) is 20.5. The van der Waals surface area contributed by atoms with Gasteiger partial charge in [0, 0.05) is 6.07 Å². The van der Waals surface area contributed by atoms with Crippen LogP contribution in [0.1, 0.15) is 5.56 Å². The molecular weight excluding hydrogens is 446 g/mol. The number of hydrogen-bond acceptors (Lipinski definition) is 5. The van der Waals surface area contributed by atoms with E-state index in [1.54, 1.807) is 18.2 Å². The minimum Gasteiger partial charge on any atom is -0.459 e. The maximum absolute atomic E-state index is 12.0. The molecule has 0 radical (unpaired) electrons. The number of allylic oxidation sites excluding steroid dienone is 2. The summed E-state index contributed by atoms with van der Waals surface area (Å²) in [4.78, 5) is 11.9. The maximum atomic E-state index is 12.0. The van der Waals surface area contributed by atoms with Crippen LogP contribution in [0.4, 0.5) is 0 Å². The molecule has 0 fully saturated rings. The topological polar surface area (TPSA) is 138 Å². The molecule has 3 rings (SSSR count). The van der Waals surface area contributed by atoms with Gasteiger partial charge in [-0.05, 0) is 29.3 Å². The smallest absolute Gasteiger partial charge is 0.238 e. The van der Waals surface area contributed by atoms with Gasteiger partial charge in [-0.3, -0.25) is 4.79 Å². The molecule has 0 aromatic heterocycles. The lowest BCUT2D eigenvalue weighted by Crippen LogP contribution is -2.50. The summed E-state index contributed by atoms with van der Waals surface area (Å²) in [6.45, 7) is 0. The number of carbonyl (C=O) groups is 1. The molecule has 0 saturated heterocycles. The minimum atomic E-state index is -3.90. The average Bonchev–Trinajstić information content (AvgIpc) is 2.63. The molecular formula is C19H18BrN3O4S. The second-order valence-electron chi connectivity index (χ2n) is 6.27.